The molecule has 2 heterocycles. The Morgan fingerprint density at radius 3 is 3.00 bits per heavy atom. The maximum atomic E-state index is 4.46. The number of anilines is 1. The third kappa shape index (κ3) is 2.24. The van der Waals surface area contributed by atoms with E-state index >= 15 is 0 Å². The van der Waals surface area contributed by atoms with Crippen LogP contribution in [-0.4, -0.2) is 9.55 Å². The number of hydrogen-bond acceptors (Lipinski definition) is 3. The van der Waals surface area contributed by atoms with E-state index in [0.29, 0.717) is 0 Å². The summed E-state index contributed by atoms with van der Waals surface area (Å²) in [5.41, 5.74) is 3.52. The lowest BCUT2D eigenvalue weighted by molar-refractivity contribution is 0.920. The Bertz CT molecular complexity index is 681. The first-order valence-corrected chi connectivity index (χ1v) is 6.74. The number of hydrogen-bond donors (Lipinski definition) is 1. The van der Waals surface area contributed by atoms with Crippen LogP contribution >= 0.6 is 11.3 Å². The summed E-state index contributed by atoms with van der Waals surface area (Å²) in [5.74, 6) is 0. The van der Waals surface area contributed by atoms with E-state index in [4.69, 9.17) is 0 Å². The van der Waals surface area contributed by atoms with E-state index < -0.39 is 0 Å². The van der Waals surface area contributed by atoms with Crippen molar-refractivity contribution >= 4 is 27.2 Å². The van der Waals surface area contributed by atoms with Crippen molar-refractivity contribution in [3.63, 3.8) is 0 Å². The van der Waals surface area contributed by atoms with E-state index in [1.807, 2.05) is 14.0 Å². The van der Waals surface area contributed by atoms with Crippen LogP contribution in [0.1, 0.15) is 10.6 Å². The zero-order valence-electron chi connectivity index (χ0n) is 10.5. The number of fused-ring (bicyclic) bond motifs is 1. The van der Waals surface area contributed by atoms with E-state index in [1.165, 1.54) is 10.3 Å². The molecule has 0 amide bonds. The Labute approximate surface area is 110 Å². The SMILES string of the molecule is Cc1nc2ccc(NCc3ccn(C)c3)cc2s1. The summed E-state index contributed by atoms with van der Waals surface area (Å²) in [6.07, 6.45) is 4.19. The molecule has 0 aliphatic heterocycles. The number of benzene rings is 1. The molecule has 18 heavy (non-hydrogen) atoms. The summed E-state index contributed by atoms with van der Waals surface area (Å²) in [6, 6.07) is 8.46. The van der Waals surface area contributed by atoms with Gasteiger partial charge in [-0.1, -0.05) is 0 Å². The number of thiazole rings is 1. The zero-order valence-corrected chi connectivity index (χ0v) is 11.3. The molecule has 2 aromatic heterocycles. The Hall–Kier alpha value is -1.81. The highest BCUT2D eigenvalue weighted by Gasteiger charge is 2.01. The van der Waals surface area contributed by atoms with Crippen LogP contribution in [0.5, 0.6) is 0 Å². The predicted molar refractivity (Wildman–Crippen MR) is 77.1 cm³/mol. The normalized spacial score (nSPS) is 11.0. The van der Waals surface area contributed by atoms with Gasteiger partial charge in [-0.2, -0.15) is 0 Å². The summed E-state index contributed by atoms with van der Waals surface area (Å²) in [5, 5.41) is 4.56. The number of nitrogens with zero attached hydrogens (tertiary/aromatic N) is 2. The Balaban J connectivity index is 1.78. The number of aryl methyl sites for hydroxylation is 2. The number of aromatic nitrogens is 2. The fraction of sp³-hybridized carbons (Fsp3) is 0.214. The summed E-state index contributed by atoms with van der Waals surface area (Å²) in [4.78, 5) is 4.46. The summed E-state index contributed by atoms with van der Waals surface area (Å²) < 4.78 is 3.30. The smallest absolute Gasteiger partial charge is 0.0907 e. The summed E-state index contributed by atoms with van der Waals surface area (Å²) in [7, 11) is 2.04. The molecular formula is C14H15N3S. The molecule has 0 spiro atoms. The molecule has 0 radical (unpaired) electrons. The predicted octanol–water partition coefficient (Wildman–Crippen LogP) is 3.56. The van der Waals surface area contributed by atoms with Crippen LogP contribution in [-0.2, 0) is 13.6 Å². The van der Waals surface area contributed by atoms with Crippen LogP contribution in [0.4, 0.5) is 5.69 Å². The van der Waals surface area contributed by atoms with Gasteiger partial charge in [-0.3, -0.25) is 0 Å². The van der Waals surface area contributed by atoms with Gasteiger partial charge in [-0.15, -0.1) is 11.3 Å². The van der Waals surface area contributed by atoms with Crippen molar-refractivity contribution in [2.24, 2.45) is 7.05 Å². The van der Waals surface area contributed by atoms with E-state index in [9.17, 15) is 0 Å². The van der Waals surface area contributed by atoms with Crippen molar-refractivity contribution in [3.05, 3.63) is 47.2 Å². The summed E-state index contributed by atoms with van der Waals surface area (Å²) in [6.45, 7) is 2.89. The van der Waals surface area contributed by atoms with Crippen LogP contribution in [0.15, 0.2) is 36.7 Å². The lowest BCUT2D eigenvalue weighted by atomic mass is 10.2. The van der Waals surface area contributed by atoms with Crippen LogP contribution < -0.4 is 5.32 Å². The largest absolute Gasteiger partial charge is 0.381 e. The maximum Gasteiger partial charge on any atom is 0.0907 e. The first-order chi connectivity index (χ1) is 8.70. The second-order valence-electron chi connectivity index (χ2n) is 4.45. The third-order valence-corrected chi connectivity index (χ3v) is 3.82. The van der Waals surface area contributed by atoms with Crippen molar-refractivity contribution in [1.82, 2.24) is 9.55 Å². The molecule has 4 heteroatoms. The average molecular weight is 257 g/mol. The van der Waals surface area contributed by atoms with Gasteiger partial charge >= 0.3 is 0 Å². The van der Waals surface area contributed by atoms with E-state index in [1.54, 1.807) is 11.3 Å². The van der Waals surface area contributed by atoms with E-state index in [0.717, 1.165) is 22.8 Å². The minimum absolute atomic E-state index is 0.851. The molecule has 0 unspecified atom stereocenters. The summed E-state index contributed by atoms with van der Waals surface area (Å²) >= 11 is 1.74. The maximum absolute atomic E-state index is 4.46. The van der Waals surface area contributed by atoms with E-state index in [-0.39, 0.29) is 0 Å². The van der Waals surface area contributed by atoms with Crippen molar-refractivity contribution in [2.75, 3.05) is 5.32 Å². The molecule has 0 saturated heterocycles. The van der Waals surface area contributed by atoms with Gasteiger partial charge in [0.25, 0.3) is 0 Å². The van der Waals surface area contributed by atoms with Crippen LogP contribution in [0.25, 0.3) is 10.2 Å². The standard InChI is InChI=1S/C14H15N3S/c1-10-16-13-4-3-12(7-14(13)18-10)15-8-11-5-6-17(2)9-11/h3-7,9,15H,8H2,1-2H3. The lowest BCUT2D eigenvalue weighted by Gasteiger charge is -2.04. The monoisotopic (exact) mass is 257 g/mol. The number of nitrogens with one attached hydrogen (secondary N) is 1. The highest BCUT2D eigenvalue weighted by atomic mass is 32.1. The first-order valence-electron chi connectivity index (χ1n) is 5.92. The molecule has 0 aliphatic rings. The van der Waals surface area contributed by atoms with Gasteiger partial charge in [0.2, 0.25) is 0 Å². The fourth-order valence-corrected chi connectivity index (χ4v) is 2.89. The topological polar surface area (TPSA) is 29.9 Å². The zero-order chi connectivity index (χ0) is 12.5. The van der Waals surface area contributed by atoms with Crippen molar-refractivity contribution < 1.29 is 0 Å². The molecule has 3 rings (SSSR count). The molecule has 0 saturated carbocycles. The van der Waals surface area contributed by atoms with Crippen LogP contribution in [0.3, 0.4) is 0 Å². The molecular weight excluding hydrogens is 242 g/mol. The molecule has 1 N–H and O–H groups in total. The molecule has 0 aliphatic carbocycles. The van der Waals surface area contributed by atoms with Gasteiger partial charge in [0.1, 0.15) is 0 Å². The van der Waals surface area contributed by atoms with Crippen molar-refractivity contribution in [2.45, 2.75) is 13.5 Å². The van der Waals surface area contributed by atoms with Crippen molar-refractivity contribution in [1.29, 1.82) is 0 Å². The second kappa shape index (κ2) is 4.46. The van der Waals surface area contributed by atoms with Gasteiger partial charge in [0.05, 0.1) is 15.2 Å². The van der Waals surface area contributed by atoms with Gasteiger partial charge in [0.15, 0.2) is 0 Å². The lowest BCUT2D eigenvalue weighted by Crippen LogP contribution is -1.97. The highest BCUT2D eigenvalue weighted by molar-refractivity contribution is 7.18. The second-order valence-corrected chi connectivity index (χ2v) is 5.69. The Morgan fingerprint density at radius 1 is 1.33 bits per heavy atom. The fourth-order valence-electron chi connectivity index (χ4n) is 2.02. The van der Waals surface area contributed by atoms with E-state index in [2.05, 4.69) is 51.5 Å². The molecule has 1 aromatic carbocycles. The van der Waals surface area contributed by atoms with Gasteiger partial charge in [-0.05, 0) is 36.8 Å². The third-order valence-electron chi connectivity index (χ3n) is 2.89. The molecule has 0 atom stereocenters. The van der Waals surface area contributed by atoms with Gasteiger partial charge < -0.3 is 9.88 Å². The Morgan fingerprint density at radius 2 is 2.22 bits per heavy atom. The first kappa shape index (κ1) is 11.3. The average Bonchev–Trinajstić information content (AvgIpc) is 2.90. The van der Waals surface area contributed by atoms with Crippen LogP contribution in [0, 0.1) is 6.92 Å². The quantitative estimate of drug-likeness (QED) is 0.777. The molecule has 0 bridgehead atoms. The highest BCUT2D eigenvalue weighted by Crippen LogP contribution is 2.24. The van der Waals surface area contributed by atoms with Crippen LogP contribution in [0.2, 0.25) is 0 Å². The molecule has 0 fully saturated rings. The van der Waals surface area contributed by atoms with Crippen molar-refractivity contribution in [3.8, 4) is 0 Å². The minimum Gasteiger partial charge on any atom is -0.381 e. The molecule has 3 aromatic rings. The minimum atomic E-state index is 0.851. The van der Waals surface area contributed by atoms with Gasteiger partial charge in [-0.25, -0.2) is 4.98 Å². The molecule has 3 nitrogen and oxygen atoms in total. The Kier molecular flexibility index (Phi) is 2.80. The number of rotatable bonds is 3. The van der Waals surface area contributed by atoms with Gasteiger partial charge in [0, 0.05) is 31.7 Å². The molecule has 92 valence electrons.